The summed E-state index contributed by atoms with van der Waals surface area (Å²) < 4.78 is 29.5. The number of hydrogen-bond acceptors (Lipinski definition) is 17. The van der Waals surface area contributed by atoms with Crippen molar-refractivity contribution in [2.75, 3.05) is 121 Å². The van der Waals surface area contributed by atoms with Crippen LogP contribution >= 0.6 is 23.1 Å². The van der Waals surface area contributed by atoms with Crippen LogP contribution < -0.4 is 41.5 Å². The van der Waals surface area contributed by atoms with E-state index in [1.54, 1.807) is 52.6 Å². The number of hydrogen-bond donors (Lipinski definition) is 7. The number of nitrogens with zero attached hydrogens (tertiary/aromatic N) is 4. The first-order chi connectivity index (χ1) is 41.0. The number of amides is 7. The number of ether oxygens (including phenoxy) is 5. The highest BCUT2D eigenvalue weighted by Crippen LogP contribution is 2.39. The minimum atomic E-state index is -0.431. The van der Waals surface area contributed by atoms with Gasteiger partial charge < -0.3 is 70.5 Å². The second-order valence-corrected chi connectivity index (χ2v) is 23.2. The number of benzene rings is 2. The van der Waals surface area contributed by atoms with E-state index in [-0.39, 0.29) is 66.9 Å². The smallest absolute Gasteiger partial charge is 0.315 e. The average molecular weight is 1200 g/mol. The van der Waals surface area contributed by atoms with Gasteiger partial charge >= 0.3 is 6.03 Å². The molecule has 3 unspecified atom stereocenters. The first-order valence-corrected chi connectivity index (χ1v) is 31.2. The Kier molecular flexibility index (Phi) is 25.3. The van der Waals surface area contributed by atoms with Gasteiger partial charge in [0.1, 0.15) is 11.5 Å². The quantitative estimate of drug-likeness (QED) is 0.0154. The van der Waals surface area contributed by atoms with E-state index >= 15 is 0 Å². The summed E-state index contributed by atoms with van der Waals surface area (Å²) in [5.74, 6) is 1.93. The van der Waals surface area contributed by atoms with E-state index in [0.29, 0.717) is 159 Å². The Labute approximate surface area is 499 Å². The Hall–Kier alpha value is -6.83. The third kappa shape index (κ3) is 19.6. The normalized spacial score (nSPS) is 17.5. The number of nitrogens with one attached hydrogen (secondary N) is 6. The molecule has 0 spiro atoms. The summed E-state index contributed by atoms with van der Waals surface area (Å²) in [6.07, 6.45) is 11.0. The highest BCUT2D eigenvalue weighted by Gasteiger charge is 2.42. The molecule has 0 bridgehead atoms. The number of phenolic OH excluding ortho intramolecular Hbond substituents is 1. The van der Waals surface area contributed by atoms with Crippen molar-refractivity contribution >= 4 is 86.0 Å². The van der Waals surface area contributed by atoms with Crippen molar-refractivity contribution in [3.8, 4) is 22.9 Å². The van der Waals surface area contributed by atoms with E-state index in [1.807, 2.05) is 17.8 Å². The number of aromatic hydroxyl groups is 1. The Bertz CT molecular complexity index is 2900. The molecule has 22 nitrogen and oxygen atoms in total. The van der Waals surface area contributed by atoms with Crippen molar-refractivity contribution in [2.24, 2.45) is 0 Å². The molecule has 7 N–H and O–H groups in total. The highest BCUT2D eigenvalue weighted by molar-refractivity contribution is 8.00. The number of anilines is 2. The molecule has 0 aliphatic carbocycles. The number of thiophene rings is 1. The van der Waals surface area contributed by atoms with Crippen LogP contribution in [0.3, 0.4) is 0 Å². The zero-order valence-corrected chi connectivity index (χ0v) is 49.4. The Morgan fingerprint density at radius 1 is 0.774 bits per heavy atom. The van der Waals surface area contributed by atoms with Gasteiger partial charge in [-0.25, -0.2) is 14.8 Å². The van der Waals surface area contributed by atoms with Gasteiger partial charge in [0.25, 0.3) is 5.91 Å². The van der Waals surface area contributed by atoms with Crippen LogP contribution in [0.1, 0.15) is 92.3 Å². The van der Waals surface area contributed by atoms with Gasteiger partial charge in [0, 0.05) is 105 Å². The van der Waals surface area contributed by atoms with Crippen molar-refractivity contribution in [1.29, 1.82) is 0 Å². The molecular formula is C60H80N10O12S2. The second-order valence-electron chi connectivity index (χ2n) is 20.9. The molecule has 3 atom stereocenters. The fourth-order valence-electron chi connectivity index (χ4n) is 10.1. The van der Waals surface area contributed by atoms with Gasteiger partial charge in [0.05, 0.1) is 74.2 Å². The highest BCUT2D eigenvalue weighted by atomic mass is 32.2. The van der Waals surface area contributed by atoms with Crippen molar-refractivity contribution in [1.82, 2.24) is 41.5 Å². The first-order valence-electron chi connectivity index (χ1n) is 29.4. The molecule has 2 aromatic carbocycles. The van der Waals surface area contributed by atoms with Gasteiger partial charge in [-0.05, 0) is 93.0 Å². The Balaban J connectivity index is 0.638. The SMILES string of the molecule is C=CC(=O)Nc1ccc(C(=O)N2CC=C(c3cc4nc(-c5cccc(O)c5)nc(N5CCOCC5)c4s3)CC2)cc1OCCCNC(=O)CCCC(=O)NCCCOCCOCCOCCCNC(=O)CCCCCC1SCC2NC(=O)NC21. The van der Waals surface area contributed by atoms with E-state index in [0.717, 1.165) is 76.0 Å². The summed E-state index contributed by atoms with van der Waals surface area (Å²) in [6, 6.07) is 14.4. The van der Waals surface area contributed by atoms with Gasteiger partial charge in [-0.15, -0.1) is 11.3 Å². The number of carbonyl (C=O) groups excluding carboxylic acids is 6. The molecule has 7 amide bonds. The zero-order chi connectivity index (χ0) is 58.9. The number of aromatic nitrogens is 2. The standard InChI is InChI=1S/C60H80N10O12S2/c1-2-51(72)64-45-18-17-43(59(76)70-24-19-41(20-25-70)50-39-46-56(84-50)58(69-26-31-80-32-27-69)68-57(65-46)42-11-6-12-44(71)37-42)38-48(45)82-30-10-23-63-54(75)16-7-15-53(74)62-22-9-29-79-34-36-81-35-33-78-28-8-21-61-52(73)14-5-3-4-13-49-55-47(40-83-49)66-60(77)67-55/h2,6,11-12,17-19,37-39,47,49,55,71H,1,3-5,7-10,13-16,20-36,40H2,(H,61,73)(H,62,74)(H,63,75)(H,64,72)(H2,66,67,77). The van der Waals surface area contributed by atoms with E-state index in [4.69, 9.17) is 33.7 Å². The second kappa shape index (κ2) is 33.6. The van der Waals surface area contributed by atoms with Crippen molar-refractivity contribution in [3.63, 3.8) is 0 Å². The van der Waals surface area contributed by atoms with E-state index < -0.39 is 5.91 Å². The number of fused-ring (bicyclic) bond motifs is 2. The lowest BCUT2D eigenvalue weighted by atomic mass is 10.0. The van der Waals surface area contributed by atoms with Crippen LogP contribution in [0.25, 0.3) is 27.2 Å². The maximum Gasteiger partial charge on any atom is 0.315 e. The Morgan fingerprint density at radius 3 is 2.14 bits per heavy atom. The summed E-state index contributed by atoms with van der Waals surface area (Å²) in [4.78, 5) is 89.9. The van der Waals surface area contributed by atoms with Crippen LogP contribution in [0.15, 0.2) is 67.3 Å². The number of phenols is 1. The molecule has 84 heavy (non-hydrogen) atoms. The van der Waals surface area contributed by atoms with Crippen LogP contribution in [0, 0.1) is 0 Å². The van der Waals surface area contributed by atoms with Crippen molar-refractivity contribution < 1.29 is 57.6 Å². The number of rotatable bonds is 35. The lowest BCUT2D eigenvalue weighted by Crippen LogP contribution is -2.36. The van der Waals surface area contributed by atoms with Gasteiger partial charge in [-0.1, -0.05) is 37.6 Å². The van der Waals surface area contributed by atoms with E-state index in [1.165, 1.54) is 0 Å². The fraction of sp³-hybridized carbons (Fsp3) is 0.533. The molecule has 454 valence electrons. The van der Waals surface area contributed by atoms with Crippen molar-refractivity contribution in [2.45, 2.75) is 94.4 Å². The molecule has 4 aliphatic heterocycles. The van der Waals surface area contributed by atoms with E-state index in [9.17, 15) is 33.9 Å². The summed E-state index contributed by atoms with van der Waals surface area (Å²) in [5, 5.41) is 28.1. The molecule has 2 aromatic heterocycles. The molecule has 6 heterocycles. The largest absolute Gasteiger partial charge is 0.508 e. The van der Waals surface area contributed by atoms with Gasteiger partial charge in [0.15, 0.2) is 11.6 Å². The Morgan fingerprint density at radius 2 is 1.46 bits per heavy atom. The number of urea groups is 1. The number of carbonyl (C=O) groups is 6. The molecule has 3 fully saturated rings. The van der Waals surface area contributed by atoms with Crippen molar-refractivity contribution in [3.05, 3.63) is 77.7 Å². The minimum Gasteiger partial charge on any atom is -0.508 e. The molecule has 8 rings (SSSR count). The summed E-state index contributed by atoms with van der Waals surface area (Å²) in [6.45, 7) is 11.4. The van der Waals surface area contributed by atoms with Crippen LogP contribution in [0.5, 0.6) is 11.5 Å². The molecule has 24 heteroatoms. The molecular weight excluding hydrogens is 1120 g/mol. The zero-order valence-electron chi connectivity index (χ0n) is 47.8. The molecule has 3 saturated heterocycles. The van der Waals surface area contributed by atoms with Crippen LogP contribution in [0.2, 0.25) is 0 Å². The number of morpholine rings is 1. The van der Waals surface area contributed by atoms with Gasteiger partial charge in [-0.2, -0.15) is 11.8 Å². The third-order valence-corrected chi connectivity index (χ3v) is 17.3. The topological polar surface area (TPSA) is 273 Å². The molecule has 0 radical (unpaired) electrons. The summed E-state index contributed by atoms with van der Waals surface area (Å²) in [5.41, 5.74) is 3.43. The molecule has 0 saturated carbocycles. The predicted molar refractivity (Wildman–Crippen MR) is 325 cm³/mol. The van der Waals surface area contributed by atoms with E-state index in [2.05, 4.69) is 55.5 Å². The maximum absolute atomic E-state index is 13.9. The van der Waals surface area contributed by atoms with Crippen LogP contribution in [0.4, 0.5) is 16.3 Å². The maximum atomic E-state index is 13.9. The van der Waals surface area contributed by atoms with Gasteiger partial charge in [-0.3, -0.25) is 24.0 Å². The molecule has 4 aromatic rings. The lowest BCUT2D eigenvalue weighted by Gasteiger charge is -2.28. The van der Waals surface area contributed by atoms with Crippen LogP contribution in [-0.4, -0.2) is 184 Å². The number of thioether (sulfide) groups is 1. The molecule has 4 aliphatic rings. The lowest BCUT2D eigenvalue weighted by molar-refractivity contribution is -0.123. The minimum absolute atomic E-state index is 0.0568. The summed E-state index contributed by atoms with van der Waals surface area (Å²) >= 11 is 3.55. The monoisotopic (exact) mass is 1200 g/mol. The summed E-state index contributed by atoms with van der Waals surface area (Å²) in [7, 11) is 0. The first kappa shape index (κ1) is 63.2. The third-order valence-electron chi connectivity index (χ3n) is 14.6. The number of unbranched alkanes of at least 4 members (excludes halogenated alkanes) is 2. The van der Waals surface area contributed by atoms with Crippen LogP contribution in [-0.2, 0) is 38.1 Å². The fourth-order valence-corrected chi connectivity index (χ4v) is 12.8. The average Bonchev–Trinajstić information content (AvgIpc) is 3.57. The predicted octanol–water partition coefficient (Wildman–Crippen LogP) is 6.19. The van der Waals surface area contributed by atoms with Gasteiger partial charge in [0.2, 0.25) is 23.6 Å².